The predicted molar refractivity (Wildman–Crippen MR) is 74.8 cm³/mol. The van der Waals surface area contributed by atoms with Crippen molar-refractivity contribution in [3.63, 3.8) is 0 Å². The first-order valence-corrected chi connectivity index (χ1v) is 8.43. The van der Waals surface area contributed by atoms with Gasteiger partial charge in [-0.2, -0.15) is 0 Å². The van der Waals surface area contributed by atoms with E-state index in [-0.39, 0.29) is 33.6 Å². The minimum atomic E-state index is -3.63. The quantitative estimate of drug-likeness (QED) is 0.792. The molecule has 108 valence electrons. The third-order valence-electron chi connectivity index (χ3n) is 2.39. The minimum absolute atomic E-state index is 0.0415. The number of nitrogens with one attached hydrogen (secondary N) is 2. The van der Waals surface area contributed by atoms with Crippen LogP contribution in [0.2, 0.25) is 4.47 Å². The molecule has 1 amide bonds. The van der Waals surface area contributed by atoms with E-state index in [4.69, 9.17) is 11.6 Å². The van der Waals surface area contributed by atoms with Crippen molar-refractivity contribution in [1.29, 1.82) is 0 Å². The summed E-state index contributed by atoms with van der Waals surface area (Å²) in [5.41, 5.74) is 0. The molecule has 0 aliphatic heterocycles. The van der Waals surface area contributed by atoms with Crippen molar-refractivity contribution in [3.8, 4) is 0 Å². The number of sulfonamides is 1. The average molecular weight is 326 g/mol. The van der Waals surface area contributed by atoms with Gasteiger partial charge in [0.1, 0.15) is 0 Å². The van der Waals surface area contributed by atoms with E-state index in [1.165, 1.54) is 6.20 Å². The summed E-state index contributed by atoms with van der Waals surface area (Å²) >= 11 is 6.45. The third-order valence-corrected chi connectivity index (χ3v) is 5.42. The molecule has 0 aromatic carbocycles. The standard InChI is InChI=1S/C10H16ClN3O3S2/c1-3-7(2)14-8(15)4-5-13-19(16,17)9-6-12-10(11)18-9/h6-7,13H,3-5H2,1-2H3,(H,14,15). The van der Waals surface area contributed by atoms with E-state index < -0.39 is 10.0 Å². The summed E-state index contributed by atoms with van der Waals surface area (Å²) in [6.07, 6.45) is 2.11. The summed E-state index contributed by atoms with van der Waals surface area (Å²) in [6, 6.07) is 0.0874. The van der Waals surface area contributed by atoms with Gasteiger partial charge in [-0.1, -0.05) is 29.9 Å². The molecule has 1 heterocycles. The summed E-state index contributed by atoms with van der Waals surface area (Å²) in [7, 11) is -3.63. The summed E-state index contributed by atoms with van der Waals surface area (Å²) in [5.74, 6) is -0.181. The Kier molecular flexibility index (Phi) is 6.18. The van der Waals surface area contributed by atoms with Gasteiger partial charge in [-0.25, -0.2) is 18.1 Å². The number of hydrogen-bond donors (Lipinski definition) is 2. The Morgan fingerprint density at radius 1 is 1.58 bits per heavy atom. The lowest BCUT2D eigenvalue weighted by Gasteiger charge is -2.11. The van der Waals surface area contributed by atoms with Crippen LogP contribution in [0.5, 0.6) is 0 Å². The molecular weight excluding hydrogens is 310 g/mol. The Morgan fingerprint density at radius 2 is 2.26 bits per heavy atom. The zero-order valence-electron chi connectivity index (χ0n) is 10.6. The fourth-order valence-electron chi connectivity index (χ4n) is 1.18. The van der Waals surface area contributed by atoms with Gasteiger partial charge in [0, 0.05) is 19.0 Å². The highest BCUT2D eigenvalue weighted by Gasteiger charge is 2.17. The van der Waals surface area contributed by atoms with Gasteiger partial charge in [-0.15, -0.1) is 0 Å². The fourth-order valence-corrected chi connectivity index (χ4v) is 3.55. The van der Waals surface area contributed by atoms with Crippen molar-refractivity contribution in [3.05, 3.63) is 10.7 Å². The largest absolute Gasteiger partial charge is 0.354 e. The van der Waals surface area contributed by atoms with Gasteiger partial charge < -0.3 is 5.32 Å². The molecule has 1 aromatic heterocycles. The van der Waals surface area contributed by atoms with Crippen LogP contribution in [0.1, 0.15) is 26.7 Å². The Balaban J connectivity index is 2.42. The molecule has 1 aromatic rings. The van der Waals surface area contributed by atoms with Gasteiger partial charge in [-0.05, 0) is 13.3 Å². The summed E-state index contributed by atoms with van der Waals surface area (Å²) in [6.45, 7) is 3.89. The first kappa shape index (κ1) is 16.4. The van der Waals surface area contributed by atoms with Crippen LogP contribution in [0.3, 0.4) is 0 Å². The van der Waals surface area contributed by atoms with Crippen LogP contribution in [-0.2, 0) is 14.8 Å². The molecule has 1 atom stereocenters. The van der Waals surface area contributed by atoms with E-state index in [2.05, 4.69) is 15.0 Å². The van der Waals surface area contributed by atoms with Gasteiger partial charge in [0.25, 0.3) is 10.0 Å². The number of halogens is 1. The van der Waals surface area contributed by atoms with Crippen molar-refractivity contribution in [2.24, 2.45) is 0 Å². The maximum Gasteiger partial charge on any atom is 0.251 e. The molecule has 1 unspecified atom stereocenters. The second-order valence-electron chi connectivity index (χ2n) is 3.96. The number of carbonyl (C=O) groups is 1. The molecule has 0 fully saturated rings. The SMILES string of the molecule is CCC(C)NC(=O)CCNS(=O)(=O)c1cnc(Cl)s1. The maximum atomic E-state index is 11.8. The average Bonchev–Trinajstić information content (AvgIpc) is 2.76. The van der Waals surface area contributed by atoms with E-state index in [9.17, 15) is 13.2 Å². The van der Waals surface area contributed by atoms with Crippen LogP contribution in [0.4, 0.5) is 0 Å². The van der Waals surface area contributed by atoms with Gasteiger partial charge in [0.15, 0.2) is 8.68 Å². The van der Waals surface area contributed by atoms with Crippen molar-refractivity contribution in [1.82, 2.24) is 15.0 Å². The highest BCUT2D eigenvalue weighted by molar-refractivity contribution is 7.91. The number of thiazole rings is 1. The second-order valence-corrected chi connectivity index (χ2v) is 7.56. The Labute approximate surface area is 121 Å². The van der Waals surface area contributed by atoms with E-state index >= 15 is 0 Å². The lowest BCUT2D eigenvalue weighted by atomic mass is 10.2. The fraction of sp³-hybridized carbons (Fsp3) is 0.600. The Bertz CT molecular complexity index is 530. The monoisotopic (exact) mass is 325 g/mol. The molecule has 0 saturated carbocycles. The molecule has 0 bridgehead atoms. The Morgan fingerprint density at radius 3 is 2.79 bits per heavy atom. The van der Waals surface area contributed by atoms with Crippen molar-refractivity contribution in [2.45, 2.75) is 36.9 Å². The molecule has 19 heavy (non-hydrogen) atoms. The number of aromatic nitrogens is 1. The van der Waals surface area contributed by atoms with Gasteiger partial charge in [0.2, 0.25) is 5.91 Å². The summed E-state index contributed by atoms with van der Waals surface area (Å²) < 4.78 is 26.1. The summed E-state index contributed by atoms with van der Waals surface area (Å²) in [4.78, 5) is 15.1. The second kappa shape index (κ2) is 7.18. The van der Waals surface area contributed by atoms with Crippen molar-refractivity contribution >= 4 is 38.9 Å². The molecule has 9 heteroatoms. The molecule has 0 spiro atoms. The van der Waals surface area contributed by atoms with Gasteiger partial charge in [-0.3, -0.25) is 4.79 Å². The number of hydrogen-bond acceptors (Lipinski definition) is 5. The molecule has 1 rings (SSSR count). The summed E-state index contributed by atoms with van der Waals surface area (Å²) in [5, 5.41) is 2.76. The molecule has 6 nitrogen and oxygen atoms in total. The molecular formula is C10H16ClN3O3S2. The first-order chi connectivity index (χ1) is 8.85. The predicted octanol–water partition coefficient (Wildman–Crippen LogP) is 1.38. The lowest BCUT2D eigenvalue weighted by molar-refractivity contribution is -0.121. The minimum Gasteiger partial charge on any atom is -0.354 e. The molecule has 0 aliphatic carbocycles. The van der Waals surface area contributed by atoms with E-state index in [1.807, 2.05) is 13.8 Å². The van der Waals surface area contributed by atoms with E-state index in [0.717, 1.165) is 17.8 Å². The number of carbonyl (C=O) groups excluding carboxylic acids is 1. The van der Waals surface area contributed by atoms with Gasteiger partial charge >= 0.3 is 0 Å². The first-order valence-electron chi connectivity index (χ1n) is 5.75. The molecule has 0 aliphatic rings. The van der Waals surface area contributed by atoms with Crippen LogP contribution in [-0.4, -0.2) is 31.9 Å². The van der Waals surface area contributed by atoms with Crippen LogP contribution < -0.4 is 10.0 Å². The zero-order chi connectivity index (χ0) is 14.5. The maximum absolute atomic E-state index is 11.8. The number of rotatable bonds is 7. The molecule has 0 radical (unpaired) electrons. The van der Waals surface area contributed by atoms with E-state index in [0.29, 0.717) is 0 Å². The van der Waals surface area contributed by atoms with Crippen molar-refractivity contribution < 1.29 is 13.2 Å². The van der Waals surface area contributed by atoms with Gasteiger partial charge in [0.05, 0.1) is 6.20 Å². The smallest absolute Gasteiger partial charge is 0.251 e. The third kappa shape index (κ3) is 5.43. The van der Waals surface area contributed by atoms with Crippen LogP contribution in [0, 0.1) is 0 Å². The number of nitrogens with zero attached hydrogens (tertiary/aromatic N) is 1. The zero-order valence-corrected chi connectivity index (χ0v) is 13.0. The van der Waals surface area contributed by atoms with Crippen molar-refractivity contribution in [2.75, 3.05) is 6.54 Å². The Hall–Kier alpha value is -0.700. The van der Waals surface area contributed by atoms with Crippen LogP contribution in [0.15, 0.2) is 10.4 Å². The van der Waals surface area contributed by atoms with E-state index in [1.54, 1.807) is 0 Å². The molecule has 2 N–H and O–H groups in total. The highest BCUT2D eigenvalue weighted by atomic mass is 35.5. The molecule has 0 saturated heterocycles. The highest BCUT2D eigenvalue weighted by Crippen LogP contribution is 2.21. The lowest BCUT2D eigenvalue weighted by Crippen LogP contribution is -2.35. The number of amides is 1. The topological polar surface area (TPSA) is 88.2 Å². The normalized spacial score (nSPS) is 13.2. The van der Waals surface area contributed by atoms with Crippen LogP contribution in [0.25, 0.3) is 0 Å². The van der Waals surface area contributed by atoms with Crippen LogP contribution >= 0.6 is 22.9 Å².